The standard InChI is InChI=1S/C19H22F3N3O3.HI/c1-3-10-27-16-9-8-13(11-17(16)26-2)12-24-18(23)25-14-6-4-5-7-15(14)28-19(20,21)22;/h4-9,11H,3,10,12H2,1-2H3,(H3,23,24,25);1H. The van der Waals surface area contributed by atoms with Crippen molar-refractivity contribution in [2.45, 2.75) is 26.3 Å². The van der Waals surface area contributed by atoms with Crippen molar-refractivity contribution in [2.75, 3.05) is 19.0 Å². The predicted octanol–water partition coefficient (Wildman–Crippen LogP) is 4.93. The number of alkyl halides is 3. The van der Waals surface area contributed by atoms with E-state index in [2.05, 4.69) is 15.0 Å². The van der Waals surface area contributed by atoms with Gasteiger partial charge in [0.2, 0.25) is 0 Å². The van der Waals surface area contributed by atoms with Gasteiger partial charge in [0.15, 0.2) is 23.2 Å². The lowest BCUT2D eigenvalue weighted by Gasteiger charge is -2.14. The second kappa shape index (κ2) is 11.6. The number of nitrogens with one attached hydrogen (secondary N) is 1. The number of rotatable bonds is 8. The van der Waals surface area contributed by atoms with E-state index in [0.29, 0.717) is 18.1 Å². The van der Waals surface area contributed by atoms with E-state index in [-0.39, 0.29) is 42.2 Å². The quantitative estimate of drug-likeness (QED) is 0.291. The molecule has 0 heterocycles. The molecule has 0 fully saturated rings. The number of para-hydroxylation sites is 2. The molecule has 0 amide bonds. The van der Waals surface area contributed by atoms with Crippen LogP contribution in [0.15, 0.2) is 47.5 Å². The number of hydrogen-bond donors (Lipinski definition) is 2. The van der Waals surface area contributed by atoms with E-state index in [4.69, 9.17) is 15.2 Å². The molecule has 0 aliphatic carbocycles. The molecule has 2 aromatic rings. The number of ether oxygens (including phenoxy) is 3. The molecule has 0 aliphatic heterocycles. The molecule has 2 aromatic carbocycles. The van der Waals surface area contributed by atoms with Gasteiger partial charge in [-0.05, 0) is 36.2 Å². The van der Waals surface area contributed by atoms with Crippen LogP contribution in [0.3, 0.4) is 0 Å². The van der Waals surface area contributed by atoms with Gasteiger partial charge in [0, 0.05) is 0 Å². The second-order valence-electron chi connectivity index (χ2n) is 5.70. The molecule has 0 saturated carbocycles. The van der Waals surface area contributed by atoms with Crippen LogP contribution in [0.25, 0.3) is 0 Å². The Morgan fingerprint density at radius 2 is 1.83 bits per heavy atom. The predicted molar refractivity (Wildman–Crippen MR) is 116 cm³/mol. The summed E-state index contributed by atoms with van der Waals surface area (Å²) in [5.74, 6) is 0.744. The smallest absolute Gasteiger partial charge is 0.493 e. The number of nitrogens with zero attached hydrogens (tertiary/aromatic N) is 1. The van der Waals surface area contributed by atoms with Crippen LogP contribution in [-0.4, -0.2) is 26.0 Å². The summed E-state index contributed by atoms with van der Waals surface area (Å²) in [5, 5.41) is 2.62. The molecule has 0 saturated heterocycles. The van der Waals surface area contributed by atoms with Crippen molar-refractivity contribution in [3.8, 4) is 17.2 Å². The fourth-order valence-corrected chi connectivity index (χ4v) is 2.28. The normalized spacial score (nSPS) is 11.4. The van der Waals surface area contributed by atoms with Gasteiger partial charge in [-0.2, -0.15) is 0 Å². The zero-order valence-corrected chi connectivity index (χ0v) is 18.3. The van der Waals surface area contributed by atoms with Crippen molar-refractivity contribution in [3.63, 3.8) is 0 Å². The summed E-state index contributed by atoms with van der Waals surface area (Å²) >= 11 is 0. The molecule has 0 aliphatic rings. The maximum atomic E-state index is 12.5. The van der Waals surface area contributed by atoms with Crippen LogP contribution in [0.5, 0.6) is 17.2 Å². The second-order valence-corrected chi connectivity index (χ2v) is 5.70. The summed E-state index contributed by atoms with van der Waals surface area (Å²) in [6.45, 7) is 2.78. The number of methoxy groups -OCH3 is 1. The first-order valence-corrected chi connectivity index (χ1v) is 8.53. The van der Waals surface area contributed by atoms with Crippen LogP contribution in [0.4, 0.5) is 18.9 Å². The minimum atomic E-state index is -4.80. The average molecular weight is 525 g/mol. The van der Waals surface area contributed by atoms with Gasteiger partial charge < -0.3 is 25.3 Å². The molecular weight excluding hydrogens is 502 g/mol. The number of aliphatic imine (C=N–C) groups is 1. The van der Waals surface area contributed by atoms with Crippen LogP contribution in [0.2, 0.25) is 0 Å². The average Bonchev–Trinajstić information content (AvgIpc) is 2.65. The lowest BCUT2D eigenvalue weighted by Crippen LogP contribution is -2.24. The first kappa shape index (κ1) is 24.7. The minimum Gasteiger partial charge on any atom is -0.493 e. The third-order valence-corrected chi connectivity index (χ3v) is 3.50. The Bertz CT molecular complexity index is 817. The van der Waals surface area contributed by atoms with Gasteiger partial charge in [-0.15, -0.1) is 37.1 Å². The van der Waals surface area contributed by atoms with Crippen LogP contribution >= 0.6 is 24.0 Å². The molecule has 160 valence electrons. The van der Waals surface area contributed by atoms with Gasteiger partial charge in [-0.1, -0.05) is 25.1 Å². The van der Waals surface area contributed by atoms with Crippen molar-refractivity contribution in [2.24, 2.45) is 10.7 Å². The van der Waals surface area contributed by atoms with E-state index in [9.17, 15) is 13.2 Å². The number of nitrogens with two attached hydrogens (primary N) is 1. The van der Waals surface area contributed by atoms with Gasteiger partial charge >= 0.3 is 6.36 Å². The van der Waals surface area contributed by atoms with E-state index >= 15 is 0 Å². The van der Waals surface area contributed by atoms with Gasteiger partial charge in [0.05, 0.1) is 25.9 Å². The summed E-state index contributed by atoms with van der Waals surface area (Å²) in [7, 11) is 1.54. The molecule has 2 rings (SSSR count). The molecule has 0 atom stereocenters. The Kier molecular flexibility index (Phi) is 9.86. The lowest BCUT2D eigenvalue weighted by atomic mass is 10.2. The van der Waals surface area contributed by atoms with Crippen molar-refractivity contribution in [3.05, 3.63) is 48.0 Å². The van der Waals surface area contributed by atoms with Crippen molar-refractivity contribution < 1.29 is 27.4 Å². The van der Waals surface area contributed by atoms with Gasteiger partial charge in [-0.3, -0.25) is 0 Å². The van der Waals surface area contributed by atoms with Crippen LogP contribution in [0, 0.1) is 0 Å². The Labute approximate surface area is 184 Å². The van der Waals surface area contributed by atoms with Crippen molar-refractivity contribution in [1.82, 2.24) is 0 Å². The Hall–Kier alpha value is -2.37. The molecular formula is C19H23F3IN3O3. The van der Waals surface area contributed by atoms with E-state index in [0.717, 1.165) is 12.0 Å². The van der Waals surface area contributed by atoms with Gasteiger partial charge in [0.25, 0.3) is 0 Å². The summed E-state index contributed by atoms with van der Waals surface area (Å²) < 4.78 is 52.3. The Morgan fingerprint density at radius 3 is 2.48 bits per heavy atom. The van der Waals surface area contributed by atoms with Crippen LogP contribution < -0.4 is 25.3 Å². The van der Waals surface area contributed by atoms with E-state index in [1.807, 2.05) is 13.0 Å². The molecule has 6 nitrogen and oxygen atoms in total. The summed E-state index contributed by atoms with van der Waals surface area (Å²) in [5.41, 5.74) is 6.65. The largest absolute Gasteiger partial charge is 0.573 e. The Morgan fingerprint density at radius 1 is 1.10 bits per heavy atom. The molecule has 0 unspecified atom stereocenters. The maximum absolute atomic E-state index is 12.5. The van der Waals surface area contributed by atoms with E-state index < -0.39 is 12.1 Å². The SMILES string of the molecule is CCCOc1ccc(CN=C(N)Nc2ccccc2OC(F)(F)F)cc1OC.I. The van der Waals surface area contributed by atoms with Crippen LogP contribution in [-0.2, 0) is 6.54 Å². The zero-order chi connectivity index (χ0) is 20.6. The summed E-state index contributed by atoms with van der Waals surface area (Å²) in [4.78, 5) is 4.14. The fourth-order valence-electron chi connectivity index (χ4n) is 2.28. The minimum absolute atomic E-state index is 0. The molecule has 3 N–H and O–H groups in total. The van der Waals surface area contributed by atoms with Crippen molar-refractivity contribution >= 4 is 35.6 Å². The molecule has 10 heteroatoms. The zero-order valence-electron chi connectivity index (χ0n) is 16.0. The maximum Gasteiger partial charge on any atom is 0.573 e. The van der Waals surface area contributed by atoms with Crippen molar-refractivity contribution in [1.29, 1.82) is 0 Å². The third-order valence-electron chi connectivity index (χ3n) is 3.50. The number of benzene rings is 2. The molecule has 29 heavy (non-hydrogen) atoms. The fraction of sp³-hybridized carbons (Fsp3) is 0.316. The van der Waals surface area contributed by atoms with E-state index in [1.165, 1.54) is 25.3 Å². The third kappa shape index (κ3) is 8.26. The summed E-state index contributed by atoms with van der Waals surface area (Å²) in [6, 6.07) is 10.9. The molecule has 0 spiro atoms. The molecule has 0 radical (unpaired) electrons. The topological polar surface area (TPSA) is 78.1 Å². The Balaban J connectivity index is 0.00000420. The number of guanidine groups is 1. The van der Waals surface area contributed by atoms with E-state index in [1.54, 1.807) is 18.2 Å². The first-order valence-electron chi connectivity index (χ1n) is 8.53. The highest BCUT2D eigenvalue weighted by Gasteiger charge is 2.32. The molecule has 0 bridgehead atoms. The summed E-state index contributed by atoms with van der Waals surface area (Å²) in [6.07, 6.45) is -3.93. The monoisotopic (exact) mass is 525 g/mol. The number of halogens is 4. The lowest BCUT2D eigenvalue weighted by molar-refractivity contribution is -0.274. The first-order chi connectivity index (χ1) is 13.3. The van der Waals surface area contributed by atoms with Crippen LogP contribution in [0.1, 0.15) is 18.9 Å². The highest BCUT2D eigenvalue weighted by molar-refractivity contribution is 14.0. The highest BCUT2D eigenvalue weighted by atomic mass is 127. The van der Waals surface area contributed by atoms with Gasteiger partial charge in [-0.25, -0.2) is 4.99 Å². The molecule has 0 aromatic heterocycles. The van der Waals surface area contributed by atoms with Gasteiger partial charge in [0.1, 0.15) is 0 Å². The number of hydrogen-bond acceptors (Lipinski definition) is 4. The highest BCUT2D eigenvalue weighted by Crippen LogP contribution is 2.30. The number of anilines is 1.